The van der Waals surface area contributed by atoms with Gasteiger partial charge in [-0.05, 0) is 92.7 Å². The zero-order valence-electron chi connectivity index (χ0n) is 23.4. The molecule has 2 atom stereocenters. The van der Waals surface area contributed by atoms with Crippen LogP contribution in [0.2, 0.25) is 6.32 Å². The van der Waals surface area contributed by atoms with Crippen molar-refractivity contribution in [1.82, 2.24) is 9.62 Å². The maximum atomic E-state index is 13.2. The third-order valence-electron chi connectivity index (χ3n) is 8.09. The zero-order chi connectivity index (χ0) is 26.6. The van der Waals surface area contributed by atoms with E-state index in [1.165, 1.54) is 5.56 Å². The minimum Gasteiger partial charge on any atom is -0.597 e. The fourth-order valence-corrected chi connectivity index (χ4v) is 5.96. The van der Waals surface area contributed by atoms with E-state index in [1.807, 2.05) is 26.8 Å². The van der Waals surface area contributed by atoms with Gasteiger partial charge in [0.2, 0.25) is 0 Å². The van der Waals surface area contributed by atoms with E-state index in [-0.39, 0.29) is 24.2 Å². The first kappa shape index (κ1) is 29.5. The Labute approximate surface area is 223 Å². The lowest BCUT2D eigenvalue weighted by molar-refractivity contribution is 0.00578. The molecule has 2 heterocycles. The summed E-state index contributed by atoms with van der Waals surface area (Å²) in [5, 5.41) is 0. The fourth-order valence-electron chi connectivity index (χ4n) is 5.02. The van der Waals surface area contributed by atoms with E-state index in [0.717, 1.165) is 51.6 Å². The first-order chi connectivity index (χ1) is 16.8. The molecule has 2 fully saturated rings. The monoisotopic (exact) mass is 515 g/mol. The van der Waals surface area contributed by atoms with E-state index in [1.54, 1.807) is 0 Å². The summed E-state index contributed by atoms with van der Waals surface area (Å²) in [5.41, 5.74) is -0.136. The Hall–Kier alpha value is -1.08. The highest BCUT2D eigenvalue weighted by atomic mass is 32.2. The molecule has 8 heteroatoms. The molecule has 0 saturated carbocycles. The highest BCUT2D eigenvalue weighted by Crippen LogP contribution is 2.39. The second-order valence-corrected chi connectivity index (χ2v) is 14.5. The molecule has 0 aromatic heterocycles. The largest absolute Gasteiger partial charge is 0.597 e. The normalized spacial score (nSPS) is 23.2. The Morgan fingerprint density at radius 1 is 1.08 bits per heavy atom. The molecule has 0 amide bonds. The topological polar surface area (TPSA) is 61.1 Å². The molecule has 200 valence electrons. The summed E-state index contributed by atoms with van der Waals surface area (Å²) in [6.07, 6.45) is 5.12. The van der Waals surface area contributed by atoms with Crippen molar-refractivity contribution in [3.63, 3.8) is 0 Å². The van der Waals surface area contributed by atoms with Gasteiger partial charge >= 0.3 is 12.8 Å². The summed E-state index contributed by atoms with van der Waals surface area (Å²) in [6.45, 7) is 25.3. The maximum Gasteiger partial charge on any atom is 0.457 e. The summed E-state index contributed by atoms with van der Waals surface area (Å²) in [4.78, 5) is 6.66. The number of rotatable bonds is 10. The third kappa shape index (κ3) is 7.27. The van der Waals surface area contributed by atoms with Crippen molar-refractivity contribution in [2.75, 3.05) is 13.1 Å². The van der Waals surface area contributed by atoms with E-state index in [9.17, 15) is 4.55 Å². The van der Waals surface area contributed by atoms with Crippen LogP contribution in [0.25, 0.3) is 4.85 Å². The standard InChI is InChI=1S/C28H46BN3O3S/c1-25(2,3)36(33)31-28(30-8,18-12-13-19-29-34-26(4,5)27(6,7)35-29)24-16-20-32(21-17-24)22-23-14-10-9-11-15-23/h9-11,14-15,24,31H,12-13,16-22H2,1-7H3/t28-,36?/m0/s1. The number of piperidine rings is 1. The highest BCUT2D eigenvalue weighted by Gasteiger charge is 2.52. The van der Waals surface area contributed by atoms with Crippen molar-refractivity contribution in [1.29, 1.82) is 0 Å². The molecular weight excluding hydrogens is 469 g/mol. The average Bonchev–Trinajstić information content (AvgIpc) is 3.02. The SMILES string of the molecule is [C-]#[N+][C@@](CCCCB1OC(C)(C)C(C)(C)O1)(N[S+]([O-])C(C)(C)C)C1CCN(Cc2ccccc2)CC1. The van der Waals surface area contributed by atoms with Crippen LogP contribution in [0.15, 0.2) is 30.3 Å². The maximum absolute atomic E-state index is 13.2. The molecule has 6 nitrogen and oxygen atoms in total. The lowest BCUT2D eigenvalue weighted by atomic mass is 9.78. The van der Waals surface area contributed by atoms with Crippen LogP contribution in [0.4, 0.5) is 0 Å². The Bertz CT molecular complexity index is 862. The number of unbranched alkanes of at least 4 members (excludes halogenated alkanes) is 1. The molecule has 0 radical (unpaired) electrons. The number of nitrogens with one attached hydrogen (secondary N) is 1. The molecule has 1 aromatic carbocycles. The van der Waals surface area contributed by atoms with Crippen molar-refractivity contribution in [2.24, 2.45) is 5.92 Å². The van der Waals surface area contributed by atoms with Crippen molar-refractivity contribution in [3.8, 4) is 0 Å². The second kappa shape index (κ2) is 11.8. The van der Waals surface area contributed by atoms with Gasteiger partial charge in [-0.2, -0.15) is 0 Å². The Morgan fingerprint density at radius 3 is 2.19 bits per heavy atom. The molecule has 1 N–H and O–H groups in total. The Balaban J connectivity index is 1.61. The third-order valence-corrected chi connectivity index (χ3v) is 9.74. The van der Waals surface area contributed by atoms with Gasteiger partial charge in [0, 0.05) is 13.0 Å². The summed E-state index contributed by atoms with van der Waals surface area (Å²) >= 11 is -1.30. The molecule has 3 rings (SSSR count). The number of hydrogen-bond acceptors (Lipinski definition) is 5. The molecule has 2 aliphatic rings. The lowest BCUT2D eigenvalue weighted by Crippen LogP contribution is -2.57. The Kier molecular flexibility index (Phi) is 9.63. The van der Waals surface area contributed by atoms with Gasteiger partial charge in [-0.15, -0.1) is 0 Å². The van der Waals surface area contributed by atoms with Crippen molar-refractivity contribution < 1.29 is 13.9 Å². The van der Waals surface area contributed by atoms with E-state index in [2.05, 4.69) is 66.4 Å². The number of nitrogens with zero attached hydrogens (tertiary/aromatic N) is 2. The quantitative estimate of drug-likeness (QED) is 0.184. The van der Waals surface area contributed by atoms with Crippen molar-refractivity contribution in [3.05, 3.63) is 47.3 Å². The van der Waals surface area contributed by atoms with Crippen LogP contribution in [0, 0.1) is 12.5 Å². The number of hydrogen-bond donors (Lipinski definition) is 1. The van der Waals surface area contributed by atoms with E-state index >= 15 is 0 Å². The number of likely N-dealkylation sites (tertiary alicyclic amines) is 1. The molecule has 36 heavy (non-hydrogen) atoms. The zero-order valence-corrected chi connectivity index (χ0v) is 24.2. The molecule has 0 aliphatic carbocycles. The van der Waals surface area contributed by atoms with Crippen LogP contribution in [-0.4, -0.2) is 51.3 Å². The van der Waals surface area contributed by atoms with E-state index in [4.69, 9.17) is 15.9 Å². The first-order valence-electron chi connectivity index (χ1n) is 13.5. The van der Waals surface area contributed by atoms with Crippen LogP contribution in [0.5, 0.6) is 0 Å². The van der Waals surface area contributed by atoms with Gasteiger partial charge in [0.15, 0.2) is 0 Å². The molecule has 0 spiro atoms. The van der Waals surface area contributed by atoms with Gasteiger partial charge in [-0.1, -0.05) is 41.5 Å². The van der Waals surface area contributed by atoms with Gasteiger partial charge in [-0.25, -0.2) is 6.57 Å². The van der Waals surface area contributed by atoms with Crippen LogP contribution in [-0.2, 0) is 27.2 Å². The van der Waals surface area contributed by atoms with Crippen molar-refractivity contribution >= 4 is 18.5 Å². The second-order valence-electron chi connectivity index (χ2n) is 12.5. The molecule has 2 saturated heterocycles. The molecule has 1 aromatic rings. The smallest absolute Gasteiger partial charge is 0.457 e. The molecule has 2 aliphatic heterocycles. The predicted octanol–water partition coefficient (Wildman–Crippen LogP) is 5.83. The summed E-state index contributed by atoms with van der Waals surface area (Å²) < 4.78 is 28.4. The minimum atomic E-state index is -1.30. The predicted molar refractivity (Wildman–Crippen MR) is 150 cm³/mol. The van der Waals surface area contributed by atoms with Crippen LogP contribution in [0.3, 0.4) is 0 Å². The van der Waals surface area contributed by atoms with E-state index in [0.29, 0.717) is 6.42 Å². The Morgan fingerprint density at radius 2 is 1.67 bits per heavy atom. The molecule has 0 bridgehead atoms. The minimum absolute atomic E-state index is 0.171. The van der Waals surface area contributed by atoms with Gasteiger partial charge in [0.1, 0.15) is 4.75 Å². The van der Waals surface area contributed by atoms with Gasteiger partial charge in [0.25, 0.3) is 0 Å². The van der Waals surface area contributed by atoms with Crippen LogP contribution in [0.1, 0.15) is 86.1 Å². The summed E-state index contributed by atoms with van der Waals surface area (Å²) in [7, 11) is -0.213. The fraction of sp³-hybridized carbons (Fsp3) is 0.750. The lowest BCUT2D eigenvalue weighted by Gasteiger charge is -2.39. The summed E-state index contributed by atoms with van der Waals surface area (Å²) in [5.74, 6) is 0.171. The van der Waals surface area contributed by atoms with Crippen molar-refractivity contribution in [2.45, 2.75) is 115 Å². The van der Waals surface area contributed by atoms with Gasteiger partial charge in [-0.3, -0.25) is 9.74 Å². The van der Waals surface area contributed by atoms with Crippen LogP contribution >= 0.6 is 0 Å². The van der Waals surface area contributed by atoms with Crippen LogP contribution < -0.4 is 4.72 Å². The molecular formula is C28H46BN3O3S. The average molecular weight is 516 g/mol. The first-order valence-corrected chi connectivity index (χ1v) is 14.6. The molecule has 1 unspecified atom stereocenters. The summed E-state index contributed by atoms with van der Waals surface area (Å²) in [6, 6.07) is 10.6. The van der Waals surface area contributed by atoms with E-state index < -0.39 is 21.8 Å². The van der Waals surface area contributed by atoms with Gasteiger partial charge < -0.3 is 13.9 Å². The number of benzene rings is 1. The van der Waals surface area contributed by atoms with Gasteiger partial charge in [0.05, 0.1) is 28.5 Å². The highest BCUT2D eigenvalue weighted by molar-refractivity contribution is 7.90.